The van der Waals surface area contributed by atoms with Crippen LogP contribution in [0.1, 0.15) is 60.1 Å². The zero-order valence-electron chi connectivity index (χ0n) is 19.7. The molecular weight excluding hydrogens is 452 g/mol. The molecule has 6 nitrogen and oxygen atoms in total. The van der Waals surface area contributed by atoms with E-state index in [0.717, 1.165) is 0 Å². The average molecular weight is 482 g/mol. The number of ether oxygens (including phenoxy) is 2. The van der Waals surface area contributed by atoms with Crippen LogP contribution in [-0.2, 0) is 4.74 Å². The van der Waals surface area contributed by atoms with Gasteiger partial charge in [0, 0.05) is 23.4 Å². The highest BCUT2D eigenvalue weighted by Gasteiger charge is 2.26. The first-order chi connectivity index (χ1) is 15.3. The quantitative estimate of drug-likeness (QED) is 0.295. The Morgan fingerprint density at radius 3 is 2.48 bits per heavy atom. The molecule has 1 amide bonds. The van der Waals surface area contributed by atoms with Gasteiger partial charge in [-0.1, -0.05) is 32.4 Å². The molecule has 2 aromatic rings. The Morgan fingerprint density at radius 1 is 1.21 bits per heavy atom. The van der Waals surface area contributed by atoms with Crippen molar-refractivity contribution in [2.45, 2.75) is 60.0 Å². The zero-order valence-corrected chi connectivity index (χ0v) is 20.5. The number of hydrogen-bond donors (Lipinski definition) is 0. The minimum Gasteiger partial charge on any atom is -0.489 e. The molecule has 0 bridgehead atoms. The summed E-state index contributed by atoms with van der Waals surface area (Å²) in [5.74, 6) is 0.652. The largest absolute Gasteiger partial charge is 0.489 e. The van der Waals surface area contributed by atoms with Crippen molar-refractivity contribution in [3.8, 4) is 17.0 Å². The van der Waals surface area contributed by atoms with Crippen LogP contribution in [-0.4, -0.2) is 34.5 Å². The fraction of sp³-hybridized carbons (Fsp3) is 0.500. The smallest absolute Gasteiger partial charge is 0.433 e. The number of aliphatic imine (C=N–C) groups is 1. The van der Waals surface area contributed by atoms with E-state index < -0.39 is 23.5 Å². The molecule has 2 aromatic heterocycles. The second-order valence-electron chi connectivity index (χ2n) is 9.53. The first-order valence-corrected chi connectivity index (χ1v) is 11.0. The Kier molecular flexibility index (Phi) is 8.89. The summed E-state index contributed by atoms with van der Waals surface area (Å²) in [5.41, 5.74) is -0.634. The molecule has 0 aromatic carbocycles. The number of aromatic nitrogens is 2. The van der Waals surface area contributed by atoms with Gasteiger partial charge in [-0.05, 0) is 57.4 Å². The fourth-order valence-electron chi connectivity index (χ4n) is 3.24. The van der Waals surface area contributed by atoms with Gasteiger partial charge in [0.1, 0.15) is 11.3 Å². The minimum atomic E-state index is -2.68. The Balaban J connectivity index is 2.17. The normalized spacial score (nSPS) is 14.0. The summed E-state index contributed by atoms with van der Waals surface area (Å²) in [5, 5.41) is 0.0962. The van der Waals surface area contributed by atoms with Gasteiger partial charge in [-0.2, -0.15) is 4.99 Å². The molecule has 0 spiro atoms. The number of carbonyl (C=O) groups is 1. The number of amides is 1. The van der Waals surface area contributed by atoms with Crippen molar-refractivity contribution < 1.29 is 23.0 Å². The van der Waals surface area contributed by atoms with E-state index in [1.165, 1.54) is 12.3 Å². The summed E-state index contributed by atoms with van der Waals surface area (Å²) in [4.78, 5) is 23.9. The number of hydrogen-bond acceptors (Lipinski definition) is 5. The fourth-order valence-corrected chi connectivity index (χ4v) is 3.45. The van der Waals surface area contributed by atoms with Crippen molar-refractivity contribution in [2.24, 2.45) is 16.3 Å². The highest BCUT2D eigenvalue weighted by atomic mass is 35.5. The predicted molar refractivity (Wildman–Crippen MR) is 125 cm³/mol. The van der Waals surface area contributed by atoms with Gasteiger partial charge in [0.25, 0.3) is 6.43 Å². The van der Waals surface area contributed by atoms with E-state index in [1.807, 2.05) is 6.92 Å². The lowest BCUT2D eigenvalue weighted by molar-refractivity contribution is 0.0602. The molecule has 0 saturated heterocycles. The highest BCUT2D eigenvalue weighted by Crippen LogP contribution is 2.31. The molecule has 0 aliphatic carbocycles. The maximum absolute atomic E-state index is 12.9. The van der Waals surface area contributed by atoms with Gasteiger partial charge in [-0.15, -0.1) is 0 Å². The molecule has 180 valence electrons. The molecule has 0 aliphatic rings. The average Bonchev–Trinajstić information content (AvgIpc) is 2.70. The van der Waals surface area contributed by atoms with Crippen molar-refractivity contribution in [1.29, 1.82) is 0 Å². The van der Waals surface area contributed by atoms with Gasteiger partial charge in [0.05, 0.1) is 12.3 Å². The molecular formula is C24H30ClF2N3O3. The number of rotatable bonds is 8. The monoisotopic (exact) mass is 481 g/mol. The molecule has 0 unspecified atom stereocenters. The number of carbonyl (C=O) groups excluding carboxylic acids is 1. The van der Waals surface area contributed by atoms with Crippen LogP contribution in [0, 0.1) is 11.3 Å². The third kappa shape index (κ3) is 8.68. The van der Waals surface area contributed by atoms with E-state index in [2.05, 4.69) is 28.8 Å². The summed E-state index contributed by atoms with van der Waals surface area (Å²) >= 11 is 6.31. The van der Waals surface area contributed by atoms with Gasteiger partial charge >= 0.3 is 6.09 Å². The maximum Gasteiger partial charge on any atom is 0.433 e. The molecule has 0 fully saturated rings. The van der Waals surface area contributed by atoms with E-state index in [9.17, 15) is 13.6 Å². The molecule has 0 N–H and O–H groups in total. The first kappa shape index (κ1) is 26.6. The van der Waals surface area contributed by atoms with Crippen LogP contribution in [0.25, 0.3) is 11.3 Å². The van der Waals surface area contributed by atoms with Crippen molar-refractivity contribution >= 4 is 23.9 Å². The van der Waals surface area contributed by atoms with Crippen LogP contribution < -0.4 is 4.74 Å². The van der Waals surface area contributed by atoms with Crippen LogP contribution in [0.2, 0.25) is 5.15 Å². The lowest BCUT2D eigenvalue weighted by atomic mass is 9.84. The van der Waals surface area contributed by atoms with Gasteiger partial charge in [0.2, 0.25) is 0 Å². The SMILES string of the molecule is CC(C)C[C@](C)(C=NC(=O)OC(C)(C)C)COc1ccc(-c2ccnc(C(F)F)c2)nc1Cl. The predicted octanol–water partition coefficient (Wildman–Crippen LogP) is 7.17. The van der Waals surface area contributed by atoms with E-state index in [4.69, 9.17) is 21.1 Å². The Bertz CT molecular complexity index is 993. The number of halogens is 3. The van der Waals surface area contributed by atoms with Gasteiger partial charge < -0.3 is 9.47 Å². The molecule has 9 heteroatoms. The van der Waals surface area contributed by atoms with Gasteiger partial charge in [-0.3, -0.25) is 4.98 Å². The standard InChI is InChI=1S/C24H30ClF2N3O3/c1-15(2)12-24(6,13-29-22(31)33-23(3,4)5)14-32-19-8-7-17(30-20(19)25)16-9-10-28-18(11-16)21(26)27/h7-11,13,15,21H,12,14H2,1-6H3/t24-/m1/s1. The molecule has 2 rings (SSSR count). The lowest BCUT2D eigenvalue weighted by Crippen LogP contribution is -2.30. The Labute approximate surface area is 198 Å². The number of nitrogens with zero attached hydrogens (tertiary/aromatic N) is 3. The highest BCUT2D eigenvalue weighted by molar-refractivity contribution is 6.31. The minimum absolute atomic E-state index is 0.0962. The maximum atomic E-state index is 12.9. The molecule has 0 radical (unpaired) electrons. The van der Waals surface area contributed by atoms with Crippen LogP contribution in [0.4, 0.5) is 13.6 Å². The van der Waals surface area contributed by atoms with Gasteiger partial charge in [0.15, 0.2) is 10.9 Å². The summed E-state index contributed by atoms with van der Waals surface area (Å²) < 4.78 is 37.0. The van der Waals surface area contributed by atoms with Gasteiger partial charge in [-0.25, -0.2) is 18.6 Å². The second kappa shape index (κ2) is 11.0. The number of pyridine rings is 2. The Morgan fingerprint density at radius 2 is 1.91 bits per heavy atom. The third-order valence-electron chi connectivity index (χ3n) is 4.42. The van der Waals surface area contributed by atoms with Crippen LogP contribution in [0.5, 0.6) is 5.75 Å². The molecule has 1 atom stereocenters. The summed E-state index contributed by atoms with van der Waals surface area (Å²) in [6.45, 7) is 11.6. The lowest BCUT2D eigenvalue weighted by Gasteiger charge is -2.27. The third-order valence-corrected chi connectivity index (χ3v) is 4.69. The zero-order chi connectivity index (χ0) is 24.8. The summed E-state index contributed by atoms with van der Waals surface area (Å²) in [6, 6.07) is 6.13. The first-order valence-electron chi connectivity index (χ1n) is 10.6. The Hall–Kier alpha value is -2.61. The van der Waals surface area contributed by atoms with Crippen molar-refractivity contribution in [3.63, 3.8) is 0 Å². The molecule has 0 aliphatic heterocycles. The van der Waals surface area contributed by atoms with E-state index in [1.54, 1.807) is 45.2 Å². The number of alkyl halides is 2. The second-order valence-corrected chi connectivity index (χ2v) is 9.89. The van der Waals surface area contributed by atoms with Crippen LogP contribution >= 0.6 is 11.6 Å². The van der Waals surface area contributed by atoms with Crippen molar-refractivity contribution in [2.75, 3.05) is 6.61 Å². The molecule has 33 heavy (non-hydrogen) atoms. The van der Waals surface area contributed by atoms with E-state index >= 15 is 0 Å². The molecule has 0 saturated carbocycles. The molecule has 2 heterocycles. The summed E-state index contributed by atoms with van der Waals surface area (Å²) in [7, 11) is 0. The summed E-state index contributed by atoms with van der Waals surface area (Å²) in [6.07, 6.45) is 0.222. The van der Waals surface area contributed by atoms with E-state index in [-0.39, 0.29) is 17.5 Å². The van der Waals surface area contributed by atoms with Crippen LogP contribution in [0.15, 0.2) is 35.5 Å². The van der Waals surface area contributed by atoms with Crippen LogP contribution in [0.3, 0.4) is 0 Å². The van der Waals surface area contributed by atoms with Crippen molar-refractivity contribution in [3.05, 3.63) is 41.3 Å². The van der Waals surface area contributed by atoms with Crippen molar-refractivity contribution in [1.82, 2.24) is 9.97 Å². The topological polar surface area (TPSA) is 73.7 Å². The van der Waals surface area contributed by atoms with E-state index in [0.29, 0.717) is 29.3 Å².